The van der Waals surface area contributed by atoms with Gasteiger partial charge < -0.3 is 5.11 Å². The van der Waals surface area contributed by atoms with Crippen LogP contribution in [0.2, 0.25) is 0 Å². The highest BCUT2D eigenvalue weighted by Gasteiger charge is 2.60. The third kappa shape index (κ3) is 1.84. The summed E-state index contributed by atoms with van der Waals surface area (Å²) in [4.78, 5) is 12.5. The van der Waals surface area contributed by atoms with Gasteiger partial charge in [0.25, 0.3) is 0 Å². The predicted octanol–water partition coefficient (Wildman–Crippen LogP) is 3.96. The predicted molar refractivity (Wildman–Crippen MR) is 82.7 cm³/mol. The Hall–Kier alpha value is -0.370. The molecule has 2 unspecified atom stereocenters. The SMILES string of the molecule is [2H]C1C[C@@H]2[C@H](CC[C@]3(C)C(=O)CC[C@@H]23)[C@@]2(C)CC([2H])([2H])[C@]([2H])(O)C([2H])([2H])C12. The van der Waals surface area contributed by atoms with E-state index in [2.05, 4.69) is 0 Å². The van der Waals surface area contributed by atoms with Gasteiger partial charge in [0.15, 0.2) is 0 Å². The second kappa shape index (κ2) is 4.57. The highest BCUT2D eigenvalue weighted by atomic mass is 16.3. The second-order valence-electron chi connectivity index (χ2n) is 8.10. The van der Waals surface area contributed by atoms with Gasteiger partial charge in [0.1, 0.15) is 5.78 Å². The van der Waals surface area contributed by atoms with Gasteiger partial charge in [-0.05, 0) is 80.3 Å². The molecule has 4 rings (SSSR count). The molecule has 4 aliphatic rings. The van der Waals surface area contributed by atoms with Crippen molar-refractivity contribution in [3.8, 4) is 0 Å². The van der Waals surface area contributed by atoms with Crippen LogP contribution in [0.25, 0.3) is 0 Å². The van der Waals surface area contributed by atoms with Gasteiger partial charge >= 0.3 is 0 Å². The molecule has 4 fully saturated rings. The highest BCUT2D eigenvalue weighted by Crippen LogP contribution is 2.65. The first-order chi connectivity index (χ1) is 12.2. The number of carbonyl (C=O) groups is 1. The van der Waals surface area contributed by atoms with E-state index in [0.717, 1.165) is 19.3 Å². The lowest BCUT2D eigenvalue weighted by Gasteiger charge is -2.60. The van der Waals surface area contributed by atoms with Gasteiger partial charge in [-0.3, -0.25) is 4.79 Å². The smallest absolute Gasteiger partial charge is 0.139 e. The van der Waals surface area contributed by atoms with Crippen LogP contribution in [-0.2, 0) is 4.79 Å². The van der Waals surface area contributed by atoms with Crippen LogP contribution in [0.5, 0.6) is 0 Å². The van der Waals surface area contributed by atoms with E-state index in [1.54, 1.807) is 0 Å². The maximum atomic E-state index is 12.5. The molecule has 2 heteroatoms. The van der Waals surface area contributed by atoms with E-state index in [9.17, 15) is 9.90 Å². The molecule has 0 aromatic carbocycles. The molecular weight excluding hydrogens is 260 g/mol. The first kappa shape index (κ1) is 9.05. The van der Waals surface area contributed by atoms with E-state index >= 15 is 0 Å². The van der Waals surface area contributed by atoms with Crippen molar-refractivity contribution in [2.24, 2.45) is 34.5 Å². The molecule has 4 saturated carbocycles. The maximum Gasteiger partial charge on any atom is 0.139 e. The average molecular weight is 296 g/mol. The van der Waals surface area contributed by atoms with E-state index in [1.807, 2.05) is 13.8 Å². The lowest BCUT2D eigenvalue weighted by Crippen LogP contribution is -2.54. The Bertz CT molecular complexity index is 679. The van der Waals surface area contributed by atoms with Crippen LogP contribution in [0, 0.1) is 34.5 Å². The van der Waals surface area contributed by atoms with Crippen molar-refractivity contribution in [3.63, 3.8) is 0 Å². The molecule has 0 heterocycles. The highest BCUT2D eigenvalue weighted by molar-refractivity contribution is 5.87. The largest absolute Gasteiger partial charge is 0.393 e. The standard InChI is InChI=1S/C19H30O2/c1-18-9-7-13(20)11-12(18)3-4-14-15-5-6-17(21)19(15,2)10-8-16(14)18/h12-16,20H,3-11H2,1-2H3/t12?,13-,14-,15-,16-,18-,19-/m0/s1/i3D,7D2,11D2,13D/t3?,12?,13-,14-,15-,16-,18-,19-. The van der Waals surface area contributed by atoms with E-state index in [0.29, 0.717) is 18.6 Å². The average Bonchev–Trinajstić information content (AvgIpc) is 2.80. The van der Waals surface area contributed by atoms with Crippen molar-refractivity contribution in [2.75, 3.05) is 0 Å². The summed E-state index contributed by atoms with van der Waals surface area (Å²) in [5, 5.41) is 10.5. The molecule has 1 N–H and O–H groups in total. The maximum absolute atomic E-state index is 12.5. The summed E-state index contributed by atoms with van der Waals surface area (Å²) in [6.45, 7) is 3.92. The van der Waals surface area contributed by atoms with Crippen molar-refractivity contribution in [1.82, 2.24) is 0 Å². The van der Waals surface area contributed by atoms with Crippen LogP contribution in [0.15, 0.2) is 0 Å². The fourth-order valence-corrected chi connectivity index (χ4v) is 5.94. The van der Waals surface area contributed by atoms with E-state index in [4.69, 9.17) is 8.22 Å². The zero-order chi connectivity index (χ0) is 20.2. The fraction of sp³-hybridized carbons (Fsp3) is 0.947. The molecule has 0 saturated heterocycles. The molecule has 0 aromatic heterocycles. The molecule has 0 aromatic rings. The molecule has 0 spiro atoms. The van der Waals surface area contributed by atoms with Crippen LogP contribution in [0.4, 0.5) is 0 Å². The molecule has 21 heavy (non-hydrogen) atoms. The second-order valence-corrected chi connectivity index (χ2v) is 8.10. The molecule has 4 aliphatic carbocycles. The van der Waals surface area contributed by atoms with Crippen molar-refractivity contribution in [1.29, 1.82) is 0 Å². The minimum Gasteiger partial charge on any atom is -0.393 e. The summed E-state index contributed by atoms with van der Waals surface area (Å²) >= 11 is 0. The lowest BCUT2D eigenvalue weighted by atomic mass is 9.45. The quantitative estimate of drug-likeness (QED) is 0.734. The Morgan fingerprint density at radius 2 is 2.05 bits per heavy atom. The van der Waals surface area contributed by atoms with Gasteiger partial charge in [-0.25, -0.2) is 0 Å². The van der Waals surface area contributed by atoms with Gasteiger partial charge in [0.2, 0.25) is 0 Å². The van der Waals surface area contributed by atoms with Gasteiger partial charge in [0, 0.05) is 18.7 Å². The van der Waals surface area contributed by atoms with E-state index in [1.165, 1.54) is 0 Å². The molecule has 0 aliphatic heterocycles. The summed E-state index contributed by atoms with van der Waals surface area (Å²) in [5.41, 5.74) is -1.16. The van der Waals surface area contributed by atoms with Crippen molar-refractivity contribution in [3.05, 3.63) is 0 Å². The summed E-state index contributed by atoms with van der Waals surface area (Å²) in [7, 11) is 0. The van der Waals surface area contributed by atoms with Crippen LogP contribution < -0.4 is 0 Å². The number of rotatable bonds is 0. The zero-order valence-electron chi connectivity index (χ0n) is 19.0. The number of ketones is 1. The zero-order valence-corrected chi connectivity index (χ0v) is 13.0. The van der Waals surface area contributed by atoms with Gasteiger partial charge in [-0.2, -0.15) is 0 Å². The Morgan fingerprint density at radius 3 is 2.86 bits per heavy atom. The van der Waals surface area contributed by atoms with Crippen LogP contribution in [0.3, 0.4) is 0 Å². The normalized spacial score (nSPS) is 72.5. The number of aliphatic hydroxyl groups is 1. The minimum absolute atomic E-state index is 0.0225. The molecular formula is C19H30O2. The lowest BCUT2D eigenvalue weighted by molar-refractivity contribution is -0.142. The van der Waals surface area contributed by atoms with Crippen molar-refractivity contribution in [2.45, 2.75) is 77.6 Å². The summed E-state index contributed by atoms with van der Waals surface area (Å²) in [6.07, 6.45) is -5.38. The fourth-order valence-electron chi connectivity index (χ4n) is 5.94. The van der Waals surface area contributed by atoms with E-state index < -0.39 is 36.6 Å². The first-order valence-corrected chi connectivity index (χ1v) is 8.38. The van der Waals surface area contributed by atoms with E-state index in [-0.39, 0.29) is 29.6 Å². The number of carbonyl (C=O) groups excluding carboxylic acids is 1. The monoisotopic (exact) mass is 296 g/mol. The number of fused-ring (bicyclic) bond motifs is 5. The topological polar surface area (TPSA) is 37.3 Å². The minimum atomic E-state index is -2.87. The number of Topliss-reactive ketones (excluding diaryl/α,β-unsaturated/α-hetero) is 1. The Labute approximate surface area is 137 Å². The van der Waals surface area contributed by atoms with Crippen molar-refractivity contribution < 1.29 is 18.1 Å². The number of hydrogen-bond donors (Lipinski definition) is 1. The Morgan fingerprint density at radius 1 is 1.24 bits per heavy atom. The van der Waals surface area contributed by atoms with Gasteiger partial charge in [0.05, 0.1) is 7.45 Å². The number of hydrogen-bond acceptors (Lipinski definition) is 2. The molecule has 8 atom stereocenters. The van der Waals surface area contributed by atoms with Gasteiger partial charge in [-0.1, -0.05) is 13.8 Å². The van der Waals surface area contributed by atoms with Gasteiger partial charge in [-0.15, -0.1) is 0 Å². The first-order valence-electron chi connectivity index (χ1n) is 11.5. The third-order valence-corrected chi connectivity index (χ3v) is 7.28. The van der Waals surface area contributed by atoms with Crippen LogP contribution >= 0.6 is 0 Å². The Kier molecular flexibility index (Phi) is 1.97. The molecule has 0 radical (unpaired) electrons. The summed E-state index contributed by atoms with van der Waals surface area (Å²) in [5.74, 6) is -0.270. The third-order valence-electron chi connectivity index (χ3n) is 7.28. The van der Waals surface area contributed by atoms with Crippen molar-refractivity contribution >= 4 is 5.78 Å². The van der Waals surface area contributed by atoms with Crippen LogP contribution in [0.1, 0.15) is 79.7 Å². The Balaban J connectivity index is 1.80. The molecule has 0 amide bonds. The molecule has 2 nitrogen and oxygen atoms in total. The van der Waals surface area contributed by atoms with Crippen LogP contribution in [-0.4, -0.2) is 17.0 Å². The molecule has 0 bridgehead atoms. The molecule has 118 valence electrons. The summed E-state index contributed by atoms with van der Waals surface area (Å²) < 4.78 is 50.4. The summed E-state index contributed by atoms with van der Waals surface area (Å²) in [6, 6.07) is 0.